The predicted molar refractivity (Wildman–Crippen MR) is 236 cm³/mol. The van der Waals surface area contributed by atoms with E-state index >= 15 is 0 Å². The predicted octanol–water partition coefficient (Wildman–Crippen LogP) is 13.8. The quantitative estimate of drug-likeness (QED) is 0.176. The van der Waals surface area contributed by atoms with Crippen LogP contribution < -0.4 is 0 Å². The highest BCUT2D eigenvalue weighted by atomic mass is 16.3. The number of rotatable bonds is 5. The van der Waals surface area contributed by atoms with Crippen molar-refractivity contribution in [2.45, 2.75) is 0 Å². The van der Waals surface area contributed by atoms with Gasteiger partial charge in [0.15, 0.2) is 17.5 Å². The molecule has 3 aromatic heterocycles. The van der Waals surface area contributed by atoms with E-state index in [2.05, 4.69) is 158 Å². The fourth-order valence-electron chi connectivity index (χ4n) is 8.94. The fourth-order valence-corrected chi connectivity index (χ4v) is 8.94. The molecule has 0 radical (unpaired) electrons. The normalized spacial score (nSPS) is 16.2. The SMILES string of the molecule is C1=CC2C=CC(c3nc(-c4ccc(-c5cccc6oc7c(-c8ccccc8)cccc7c56)c5ccccc45)nc(-c4cccc5c4oc4ccccc45)n3)=CC2C=C1. The van der Waals surface area contributed by atoms with Gasteiger partial charge in [-0.05, 0) is 51.7 Å². The molecular weight excluding hydrogens is 711 g/mol. The highest BCUT2D eigenvalue weighted by molar-refractivity contribution is 6.18. The number of allylic oxidation sites excluding steroid dienone is 8. The average molecular weight is 744 g/mol. The second kappa shape index (κ2) is 13.0. The summed E-state index contributed by atoms with van der Waals surface area (Å²) in [7, 11) is 0. The van der Waals surface area contributed by atoms with E-state index in [0.717, 1.165) is 93.6 Å². The van der Waals surface area contributed by atoms with Crippen LogP contribution in [0.3, 0.4) is 0 Å². The van der Waals surface area contributed by atoms with Gasteiger partial charge in [0, 0.05) is 50.1 Å². The van der Waals surface area contributed by atoms with E-state index in [1.54, 1.807) is 0 Å². The van der Waals surface area contributed by atoms with Crippen molar-refractivity contribution in [1.29, 1.82) is 0 Å². The molecule has 0 saturated heterocycles. The van der Waals surface area contributed by atoms with Crippen molar-refractivity contribution in [2.75, 3.05) is 0 Å². The Bertz CT molecular complexity index is 3420. The van der Waals surface area contributed by atoms with Crippen LogP contribution in [0.1, 0.15) is 5.82 Å². The minimum absolute atomic E-state index is 0.234. The molecule has 0 N–H and O–H groups in total. The Morgan fingerprint density at radius 3 is 1.83 bits per heavy atom. The molecule has 5 heteroatoms. The monoisotopic (exact) mass is 743 g/mol. The van der Waals surface area contributed by atoms with Gasteiger partial charge < -0.3 is 8.83 Å². The Balaban J connectivity index is 1.06. The van der Waals surface area contributed by atoms with Crippen LogP contribution in [0, 0.1) is 11.8 Å². The maximum atomic E-state index is 6.66. The van der Waals surface area contributed by atoms with Crippen LogP contribution in [-0.2, 0) is 0 Å². The first-order valence-corrected chi connectivity index (χ1v) is 19.7. The molecular formula is C53H33N3O2. The molecule has 2 unspecified atom stereocenters. The maximum Gasteiger partial charge on any atom is 0.167 e. The highest BCUT2D eigenvalue weighted by Crippen LogP contribution is 2.44. The molecule has 2 aliphatic carbocycles. The summed E-state index contributed by atoms with van der Waals surface area (Å²) in [5, 5.41) is 6.43. The van der Waals surface area contributed by atoms with Crippen LogP contribution in [0.2, 0.25) is 0 Å². The zero-order valence-corrected chi connectivity index (χ0v) is 31.2. The van der Waals surface area contributed by atoms with E-state index in [9.17, 15) is 0 Å². The Morgan fingerprint density at radius 2 is 0.966 bits per heavy atom. The molecule has 58 heavy (non-hydrogen) atoms. The number of benzene rings is 7. The average Bonchev–Trinajstić information content (AvgIpc) is 3.88. The van der Waals surface area contributed by atoms with Crippen molar-refractivity contribution in [3.8, 4) is 45.0 Å². The van der Waals surface area contributed by atoms with E-state index in [-0.39, 0.29) is 5.92 Å². The minimum Gasteiger partial charge on any atom is -0.455 e. The molecule has 3 heterocycles. The molecule has 0 aliphatic heterocycles. The lowest BCUT2D eigenvalue weighted by molar-refractivity contribution is 0.662. The summed E-state index contributed by atoms with van der Waals surface area (Å²) in [5.41, 5.74) is 10.5. The van der Waals surface area contributed by atoms with Crippen LogP contribution >= 0.6 is 0 Å². The van der Waals surface area contributed by atoms with Gasteiger partial charge in [-0.3, -0.25) is 0 Å². The number of nitrogens with zero attached hydrogens (tertiary/aromatic N) is 3. The molecule has 0 amide bonds. The van der Waals surface area contributed by atoms with Crippen molar-refractivity contribution in [3.63, 3.8) is 0 Å². The van der Waals surface area contributed by atoms with Crippen LogP contribution in [-0.4, -0.2) is 15.0 Å². The third-order valence-corrected chi connectivity index (χ3v) is 11.7. The Labute approximate surface area is 333 Å². The highest BCUT2D eigenvalue weighted by Gasteiger charge is 2.24. The molecule has 0 saturated carbocycles. The van der Waals surface area contributed by atoms with Crippen molar-refractivity contribution in [3.05, 3.63) is 194 Å². The van der Waals surface area contributed by atoms with E-state index in [1.165, 1.54) is 0 Å². The van der Waals surface area contributed by atoms with Gasteiger partial charge in [-0.2, -0.15) is 0 Å². The lowest BCUT2D eigenvalue weighted by atomic mass is 9.83. The molecule has 5 nitrogen and oxygen atoms in total. The van der Waals surface area contributed by atoms with Gasteiger partial charge in [0.05, 0.1) is 5.56 Å². The lowest BCUT2D eigenvalue weighted by Gasteiger charge is -2.23. The second-order valence-corrected chi connectivity index (χ2v) is 15.0. The van der Waals surface area contributed by atoms with Crippen LogP contribution in [0.5, 0.6) is 0 Å². The molecule has 0 spiro atoms. The molecule has 0 fully saturated rings. The standard InChI is InChI=1S/C53H33N3O2/c1-2-14-33(15-3-1)36-20-10-23-44-48-41(21-12-26-47(48)58-49(36)44)39-29-30-43(38-18-7-6-17-37(38)39)52-54-51(35-28-27-32-13-4-5-16-34(32)31-35)55-53(56-52)45-24-11-22-42-40-19-8-9-25-46(40)57-50(42)45/h1-32,34H. The van der Waals surface area contributed by atoms with Gasteiger partial charge in [-0.15, -0.1) is 0 Å². The number of fused-ring (bicyclic) bond motifs is 8. The fraction of sp³-hybridized carbons (Fsp3) is 0.0377. The number of aromatic nitrogens is 3. The number of furan rings is 2. The van der Waals surface area contributed by atoms with Crippen molar-refractivity contribution in [2.24, 2.45) is 11.8 Å². The minimum atomic E-state index is 0.234. The molecule has 2 atom stereocenters. The molecule has 12 rings (SSSR count). The lowest BCUT2D eigenvalue weighted by Crippen LogP contribution is -2.12. The molecule has 2 aliphatic rings. The number of hydrogen-bond donors (Lipinski definition) is 0. The third-order valence-electron chi connectivity index (χ3n) is 11.7. The van der Waals surface area contributed by atoms with Crippen molar-refractivity contribution < 1.29 is 8.83 Å². The van der Waals surface area contributed by atoms with E-state index in [0.29, 0.717) is 23.4 Å². The van der Waals surface area contributed by atoms with Crippen molar-refractivity contribution >= 4 is 60.2 Å². The third kappa shape index (κ3) is 5.14. The summed E-state index contributed by atoms with van der Waals surface area (Å²) in [6.07, 6.45) is 15.4. The first kappa shape index (κ1) is 32.6. The molecule has 0 bridgehead atoms. The van der Waals surface area contributed by atoms with Gasteiger partial charge in [-0.1, -0.05) is 164 Å². The smallest absolute Gasteiger partial charge is 0.167 e. The Morgan fingerprint density at radius 1 is 0.379 bits per heavy atom. The molecule has 7 aromatic carbocycles. The van der Waals surface area contributed by atoms with Crippen LogP contribution in [0.4, 0.5) is 0 Å². The Hall–Kier alpha value is -7.63. The number of hydrogen-bond acceptors (Lipinski definition) is 5. The van der Waals surface area contributed by atoms with Gasteiger partial charge in [-0.25, -0.2) is 15.0 Å². The summed E-state index contributed by atoms with van der Waals surface area (Å²) < 4.78 is 13.2. The zero-order chi connectivity index (χ0) is 38.2. The Kier molecular flexibility index (Phi) is 7.29. The summed E-state index contributed by atoms with van der Waals surface area (Å²) in [6, 6.07) is 50.5. The molecule has 10 aromatic rings. The van der Waals surface area contributed by atoms with Gasteiger partial charge in [0.25, 0.3) is 0 Å². The zero-order valence-electron chi connectivity index (χ0n) is 31.2. The van der Waals surface area contributed by atoms with Crippen LogP contribution in [0.15, 0.2) is 197 Å². The van der Waals surface area contributed by atoms with Gasteiger partial charge >= 0.3 is 0 Å². The van der Waals surface area contributed by atoms with E-state index in [4.69, 9.17) is 23.8 Å². The molecule has 272 valence electrons. The maximum absolute atomic E-state index is 6.66. The van der Waals surface area contributed by atoms with Crippen molar-refractivity contribution in [1.82, 2.24) is 15.0 Å². The largest absolute Gasteiger partial charge is 0.455 e. The number of para-hydroxylation sites is 3. The first-order valence-electron chi connectivity index (χ1n) is 19.7. The van der Waals surface area contributed by atoms with E-state index in [1.807, 2.05) is 30.3 Å². The van der Waals surface area contributed by atoms with Gasteiger partial charge in [0.2, 0.25) is 0 Å². The summed E-state index contributed by atoms with van der Waals surface area (Å²) in [5.74, 6) is 2.35. The van der Waals surface area contributed by atoms with Crippen LogP contribution in [0.25, 0.3) is 105 Å². The summed E-state index contributed by atoms with van der Waals surface area (Å²) in [6.45, 7) is 0. The topological polar surface area (TPSA) is 65.0 Å². The second-order valence-electron chi connectivity index (χ2n) is 15.0. The summed E-state index contributed by atoms with van der Waals surface area (Å²) in [4.78, 5) is 15.7. The summed E-state index contributed by atoms with van der Waals surface area (Å²) >= 11 is 0. The van der Waals surface area contributed by atoms with Gasteiger partial charge in [0.1, 0.15) is 22.3 Å². The first-order chi connectivity index (χ1) is 28.7. The van der Waals surface area contributed by atoms with E-state index < -0.39 is 0 Å².